The molecule has 1 aromatic carbocycles. The molecule has 0 heterocycles. The van der Waals surface area contributed by atoms with Crippen molar-refractivity contribution in [2.75, 3.05) is 6.54 Å². The topological polar surface area (TPSA) is 46.2 Å². The van der Waals surface area contributed by atoms with Gasteiger partial charge in [0.25, 0.3) is 0 Å². The number of nitrogens with two attached hydrogens (primary N) is 1. The maximum Gasteiger partial charge on any atom is 0.115 e. The van der Waals surface area contributed by atoms with Gasteiger partial charge in [0.15, 0.2) is 0 Å². The summed E-state index contributed by atoms with van der Waals surface area (Å²) in [6.07, 6.45) is 7.65. The zero-order valence-electron chi connectivity index (χ0n) is 11.1. The molecule has 0 radical (unpaired) electrons. The molecule has 1 unspecified atom stereocenters. The van der Waals surface area contributed by atoms with E-state index in [-0.39, 0.29) is 5.41 Å². The lowest BCUT2D eigenvalue weighted by molar-refractivity contribution is 0.380. The minimum absolute atomic E-state index is 0.0564. The summed E-state index contributed by atoms with van der Waals surface area (Å²) in [6, 6.07) is 7.52. The predicted molar refractivity (Wildman–Crippen MR) is 75.5 cm³/mol. The lowest BCUT2D eigenvalue weighted by Crippen LogP contribution is -2.28. The van der Waals surface area contributed by atoms with Crippen molar-refractivity contribution in [2.45, 2.75) is 25.7 Å². The Morgan fingerprint density at radius 2 is 1.94 bits per heavy atom. The highest BCUT2D eigenvalue weighted by molar-refractivity contribution is 5.34. The zero-order valence-corrected chi connectivity index (χ0v) is 11.1. The number of phenols is 1. The fraction of sp³-hybridized carbons (Fsp3) is 0.375. The summed E-state index contributed by atoms with van der Waals surface area (Å²) in [7, 11) is 0. The lowest BCUT2D eigenvalue weighted by atomic mass is 9.70. The first-order valence-electron chi connectivity index (χ1n) is 6.41. The fourth-order valence-corrected chi connectivity index (χ4v) is 2.46. The summed E-state index contributed by atoms with van der Waals surface area (Å²) in [6.45, 7) is 5.11. The van der Waals surface area contributed by atoms with E-state index in [9.17, 15) is 5.11 Å². The van der Waals surface area contributed by atoms with Crippen molar-refractivity contribution in [3.8, 4) is 5.75 Å². The molecule has 1 aliphatic carbocycles. The number of hydrogen-bond donors (Lipinski definition) is 2. The van der Waals surface area contributed by atoms with Crippen LogP contribution in [0.1, 0.15) is 25.8 Å². The van der Waals surface area contributed by atoms with Crippen molar-refractivity contribution < 1.29 is 5.11 Å². The molecule has 0 aliphatic heterocycles. The van der Waals surface area contributed by atoms with Gasteiger partial charge in [-0.2, -0.15) is 0 Å². The van der Waals surface area contributed by atoms with Gasteiger partial charge < -0.3 is 10.8 Å². The van der Waals surface area contributed by atoms with Crippen LogP contribution in [0.2, 0.25) is 0 Å². The monoisotopic (exact) mass is 243 g/mol. The maximum atomic E-state index is 9.36. The van der Waals surface area contributed by atoms with E-state index in [4.69, 9.17) is 5.73 Å². The van der Waals surface area contributed by atoms with Gasteiger partial charge in [0.1, 0.15) is 5.75 Å². The summed E-state index contributed by atoms with van der Waals surface area (Å²) >= 11 is 0. The van der Waals surface area contributed by atoms with E-state index in [1.54, 1.807) is 12.1 Å². The molecular weight excluding hydrogens is 222 g/mol. The van der Waals surface area contributed by atoms with Gasteiger partial charge in [0, 0.05) is 6.54 Å². The number of rotatable bonds is 3. The first kappa shape index (κ1) is 12.9. The Balaban J connectivity index is 2.20. The van der Waals surface area contributed by atoms with Gasteiger partial charge in [-0.05, 0) is 41.0 Å². The molecule has 2 rings (SSSR count). The maximum absolute atomic E-state index is 9.36. The van der Waals surface area contributed by atoms with Gasteiger partial charge in [0.2, 0.25) is 0 Å². The molecule has 0 saturated carbocycles. The molecular formula is C16H21NO. The highest BCUT2D eigenvalue weighted by Gasteiger charge is 2.29. The molecule has 0 saturated heterocycles. The zero-order chi connectivity index (χ0) is 13.2. The molecule has 2 nitrogen and oxygen atoms in total. The predicted octanol–water partition coefficient (Wildman–Crippen LogP) is 3.13. The summed E-state index contributed by atoms with van der Waals surface area (Å²) in [4.78, 5) is 0. The average Bonchev–Trinajstić information content (AvgIpc) is 2.39. The number of aromatic hydroxyl groups is 1. The summed E-state index contributed by atoms with van der Waals surface area (Å²) in [5.74, 6) is 0.788. The van der Waals surface area contributed by atoms with Crippen LogP contribution in [0.15, 0.2) is 48.1 Å². The molecule has 3 N–H and O–H groups in total. The normalized spacial score (nSPS) is 19.7. The molecule has 0 fully saturated rings. The molecule has 1 aromatic rings. The third-order valence-electron chi connectivity index (χ3n) is 3.95. The summed E-state index contributed by atoms with van der Waals surface area (Å²) in [5, 5.41) is 9.36. The van der Waals surface area contributed by atoms with Crippen molar-refractivity contribution >= 4 is 0 Å². The highest BCUT2D eigenvalue weighted by Crippen LogP contribution is 2.37. The van der Waals surface area contributed by atoms with Crippen LogP contribution in [0, 0.1) is 5.92 Å². The van der Waals surface area contributed by atoms with Crippen molar-refractivity contribution in [1.29, 1.82) is 0 Å². The molecule has 2 heteroatoms. The van der Waals surface area contributed by atoms with Gasteiger partial charge in [-0.15, -0.1) is 0 Å². The highest BCUT2D eigenvalue weighted by atomic mass is 16.3. The van der Waals surface area contributed by atoms with E-state index in [2.05, 4.69) is 32.1 Å². The second kappa shape index (κ2) is 4.99. The smallest absolute Gasteiger partial charge is 0.115 e. The third kappa shape index (κ3) is 2.49. The standard InChI is InChI=1S/C16H21NO/c1-16(2,14-7-9-15(18)10-8-14)13-5-3-12(11-17)4-6-13/h3-5,7-10,13,18H,6,11,17H2,1-2H3. The van der Waals surface area contributed by atoms with Crippen molar-refractivity contribution in [3.05, 3.63) is 53.6 Å². The molecule has 0 amide bonds. The molecule has 1 atom stereocenters. The average molecular weight is 243 g/mol. The van der Waals surface area contributed by atoms with E-state index >= 15 is 0 Å². The molecule has 1 aliphatic rings. The second-order valence-electron chi connectivity index (χ2n) is 5.45. The van der Waals surface area contributed by atoms with Crippen LogP contribution in [0.25, 0.3) is 0 Å². The lowest BCUT2D eigenvalue weighted by Gasteiger charge is -2.34. The Bertz CT molecular complexity index is 468. The van der Waals surface area contributed by atoms with Crippen molar-refractivity contribution in [2.24, 2.45) is 11.7 Å². The van der Waals surface area contributed by atoms with Crippen LogP contribution in [-0.2, 0) is 5.41 Å². The van der Waals surface area contributed by atoms with Crippen molar-refractivity contribution in [1.82, 2.24) is 0 Å². The second-order valence-corrected chi connectivity index (χ2v) is 5.45. The van der Waals surface area contributed by atoms with Crippen LogP contribution in [0.4, 0.5) is 0 Å². The summed E-state index contributed by atoms with van der Waals surface area (Å²) in [5.41, 5.74) is 8.16. The van der Waals surface area contributed by atoms with Crippen LogP contribution < -0.4 is 5.73 Å². The Hall–Kier alpha value is -1.54. The first-order valence-corrected chi connectivity index (χ1v) is 6.41. The van der Waals surface area contributed by atoms with E-state index in [0.29, 0.717) is 18.2 Å². The Morgan fingerprint density at radius 3 is 2.44 bits per heavy atom. The first-order chi connectivity index (χ1) is 8.54. The van der Waals surface area contributed by atoms with Crippen LogP contribution >= 0.6 is 0 Å². The van der Waals surface area contributed by atoms with E-state index in [1.165, 1.54) is 11.1 Å². The van der Waals surface area contributed by atoms with Gasteiger partial charge >= 0.3 is 0 Å². The third-order valence-corrected chi connectivity index (χ3v) is 3.95. The summed E-state index contributed by atoms with van der Waals surface area (Å²) < 4.78 is 0. The van der Waals surface area contributed by atoms with Gasteiger partial charge in [-0.25, -0.2) is 0 Å². The Morgan fingerprint density at radius 1 is 1.28 bits per heavy atom. The number of allylic oxidation sites excluding steroid dienone is 2. The Kier molecular flexibility index (Phi) is 3.58. The number of benzene rings is 1. The fourth-order valence-electron chi connectivity index (χ4n) is 2.46. The van der Waals surface area contributed by atoms with Crippen LogP contribution in [0.3, 0.4) is 0 Å². The van der Waals surface area contributed by atoms with Crippen molar-refractivity contribution in [3.63, 3.8) is 0 Å². The van der Waals surface area contributed by atoms with Gasteiger partial charge in [-0.1, -0.05) is 44.2 Å². The molecule has 0 aromatic heterocycles. The number of phenolic OH excluding ortho intramolecular Hbond substituents is 1. The van der Waals surface area contributed by atoms with E-state index in [0.717, 1.165) is 6.42 Å². The minimum Gasteiger partial charge on any atom is -0.508 e. The largest absolute Gasteiger partial charge is 0.508 e. The molecule has 0 bridgehead atoms. The Labute approximate surface area is 109 Å². The van der Waals surface area contributed by atoms with Crippen LogP contribution in [-0.4, -0.2) is 11.7 Å². The SMILES string of the molecule is CC(C)(c1ccc(O)cc1)C1C=CC(CN)=CC1. The minimum atomic E-state index is 0.0564. The van der Waals surface area contributed by atoms with Gasteiger partial charge in [0.05, 0.1) is 0 Å². The van der Waals surface area contributed by atoms with E-state index in [1.807, 2.05) is 12.1 Å². The van der Waals surface area contributed by atoms with E-state index < -0.39 is 0 Å². The van der Waals surface area contributed by atoms with Crippen LogP contribution in [0.5, 0.6) is 5.75 Å². The quantitative estimate of drug-likeness (QED) is 0.856. The number of hydrogen-bond acceptors (Lipinski definition) is 2. The van der Waals surface area contributed by atoms with Gasteiger partial charge in [-0.3, -0.25) is 0 Å². The molecule has 18 heavy (non-hydrogen) atoms. The molecule has 96 valence electrons. The molecule has 0 spiro atoms.